The van der Waals surface area contributed by atoms with Crippen LogP contribution >= 0.6 is 11.6 Å². The molecule has 2 aromatic carbocycles. The van der Waals surface area contributed by atoms with E-state index in [2.05, 4.69) is 10.5 Å². The summed E-state index contributed by atoms with van der Waals surface area (Å²) in [6.45, 7) is 1.50. The second-order valence-corrected chi connectivity index (χ2v) is 5.43. The van der Waals surface area contributed by atoms with Crippen LogP contribution in [-0.2, 0) is 4.79 Å². The van der Waals surface area contributed by atoms with Gasteiger partial charge in [0.2, 0.25) is 0 Å². The molecule has 0 atom stereocenters. The molecule has 0 aliphatic rings. The van der Waals surface area contributed by atoms with E-state index >= 15 is 0 Å². The van der Waals surface area contributed by atoms with Crippen LogP contribution < -0.4 is 10.2 Å². The summed E-state index contributed by atoms with van der Waals surface area (Å²) in [5.41, 5.74) is 2.78. The fourth-order valence-electron chi connectivity index (χ4n) is 1.94. The predicted molar refractivity (Wildman–Crippen MR) is 92.2 cm³/mol. The Kier molecular flexibility index (Phi) is 5.91. The number of hydrogen-bond donors (Lipinski definition) is 2. The number of nitro benzene ring substituents is 1. The van der Waals surface area contributed by atoms with Crippen molar-refractivity contribution in [2.24, 2.45) is 5.10 Å². The molecular weight excluding hydrogens is 350 g/mol. The van der Waals surface area contributed by atoms with Crippen LogP contribution in [0.3, 0.4) is 0 Å². The number of ether oxygens (including phenoxy) is 1. The quantitative estimate of drug-likeness (QED) is 0.465. The predicted octanol–water partition coefficient (Wildman–Crippen LogP) is 2.79. The van der Waals surface area contributed by atoms with Crippen LogP contribution in [0, 0.1) is 17.0 Å². The van der Waals surface area contributed by atoms with Crippen molar-refractivity contribution >= 4 is 29.4 Å². The number of aryl methyl sites for hydroxylation is 1. The van der Waals surface area contributed by atoms with E-state index in [0.717, 1.165) is 17.8 Å². The van der Waals surface area contributed by atoms with Gasteiger partial charge in [-0.25, -0.2) is 5.43 Å². The standard InChI is InChI=1S/C16H14ClN3O5/c1-10-6-12(17)2-5-15(10)25-9-16(22)19-18-8-11-7-13(21)3-4-14(11)20(23)24/h2-8,21H,9H2,1H3,(H,19,22). The molecule has 0 aliphatic carbocycles. The summed E-state index contributed by atoms with van der Waals surface area (Å²) in [6, 6.07) is 8.49. The van der Waals surface area contributed by atoms with Crippen molar-refractivity contribution < 1.29 is 19.6 Å². The lowest BCUT2D eigenvalue weighted by Crippen LogP contribution is -2.24. The van der Waals surface area contributed by atoms with Crippen LogP contribution in [0.5, 0.6) is 11.5 Å². The SMILES string of the molecule is Cc1cc(Cl)ccc1OCC(=O)NN=Cc1cc(O)ccc1[N+](=O)[O-]. The van der Waals surface area contributed by atoms with Crippen LogP contribution in [0.1, 0.15) is 11.1 Å². The highest BCUT2D eigenvalue weighted by Crippen LogP contribution is 2.22. The fraction of sp³-hybridized carbons (Fsp3) is 0.125. The number of benzene rings is 2. The molecule has 130 valence electrons. The minimum atomic E-state index is -0.616. The second-order valence-electron chi connectivity index (χ2n) is 4.99. The Morgan fingerprint density at radius 1 is 1.40 bits per heavy atom. The maximum atomic E-state index is 11.7. The minimum Gasteiger partial charge on any atom is -0.508 e. The van der Waals surface area contributed by atoms with E-state index in [1.54, 1.807) is 25.1 Å². The monoisotopic (exact) mass is 363 g/mol. The molecule has 2 aromatic rings. The van der Waals surface area contributed by atoms with Crippen LogP contribution in [0.2, 0.25) is 5.02 Å². The van der Waals surface area contributed by atoms with Crippen molar-refractivity contribution in [3.63, 3.8) is 0 Å². The molecule has 25 heavy (non-hydrogen) atoms. The van der Waals surface area contributed by atoms with Gasteiger partial charge in [-0.15, -0.1) is 0 Å². The summed E-state index contributed by atoms with van der Waals surface area (Å²) in [7, 11) is 0. The number of nitro groups is 1. The molecule has 2 N–H and O–H groups in total. The number of hydrazone groups is 1. The first-order valence-corrected chi connectivity index (χ1v) is 7.43. The molecule has 0 bridgehead atoms. The Bertz CT molecular complexity index is 839. The van der Waals surface area contributed by atoms with E-state index < -0.39 is 10.8 Å². The van der Waals surface area contributed by atoms with Gasteiger partial charge in [0.1, 0.15) is 11.5 Å². The third-order valence-electron chi connectivity index (χ3n) is 3.10. The van der Waals surface area contributed by atoms with Gasteiger partial charge in [0.15, 0.2) is 6.61 Å². The van der Waals surface area contributed by atoms with Gasteiger partial charge < -0.3 is 9.84 Å². The molecule has 2 rings (SSSR count). The van der Waals surface area contributed by atoms with Crippen molar-refractivity contribution in [1.82, 2.24) is 5.43 Å². The number of halogens is 1. The van der Waals surface area contributed by atoms with Crippen LogP contribution in [-0.4, -0.2) is 28.8 Å². The van der Waals surface area contributed by atoms with Crippen molar-refractivity contribution in [3.05, 3.63) is 62.7 Å². The number of nitrogens with one attached hydrogen (secondary N) is 1. The number of carbonyl (C=O) groups excluding carboxylic acids is 1. The molecule has 0 heterocycles. The number of rotatable bonds is 6. The maximum Gasteiger partial charge on any atom is 0.278 e. The summed E-state index contributed by atoms with van der Waals surface area (Å²) in [4.78, 5) is 22.0. The lowest BCUT2D eigenvalue weighted by Gasteiger charge is -2.08. The molecule has 0 radical (unpaired) electrons. The number of phenols is 1. The molecule has 0 fully saturated rings. The van der Waals surface area contributed by atoms with Gasteiger partial charge in [0.25, 0.3) is 11.6 Å². The average molecular weight is 364 g/mol. The zero-order chi connectivity index (χ0) is 18.4. The molecule has 0 aliphatic heterocycles. The van der Waals surface area contributed by atoms with Gasteiger partial charge >= 0.3 is 0 Å². The highest BCUT2D eigenvalue weighted by atomic mass is 35.5. The number of carbonyl (C=O) groups is 1. The van der Waals surface area contributed by atoms with E-state index in [9.17, 15) is 20.0 Å². The summed E-state index contributed by atoms with van der Waals surface area (Å²) < 4.78 is 5.34. The highest BCUT2D eigenvalue weighted by Gasteiger charge is 2.12. The molecule has 0 aromatic heterocycles. The zero-order valence-electron chi connectivity index (χ0n) is 13.1. The third-order valence-corrected chi connectivity index (χ3v) is 3.33. The van der Waals surface area contributed by atoms with Gasteiger partial charge in [-0.1, -0.05) is 11.6 Å². The number of amides is 1. The van der Waals surface area contributed by atoms with E-state index in [-0.39, 0.29) is 23.6 Å². The Labute approximate surface area is 147 Å². The Balaban J connectivity index is 1.95. The van der Waals surface area contributed by atoms with E-state index in [0.29, 0.717) is 10.8 Å². The molecular formula is C16H14ClN3O5. The van der Waals surface area contributed by atoms with Gasteiger partial charge in [0.05, 0.1) is 16.7 Å². The summed E-state index contributed by atoms with van der Waals surface area (Å²) >= 11 is 5.83. The molecule has 1 amide bonds. The summed E-state index contributed by atoms with van der Waals surface area (Å²) in [6.07, 6.45) is 1.07. The molecule has 9 heteroatoms. The molecule has 0 saturated heterocycles. The average Bonchev–Trinajstić information content (AvgIpc) is 2.54. The number of phenolic OH excluding ortho intramolecular Hbond substituents is 1. The first kappa shape index (κ1) is 18.2. The van der Waals surface area contributed by atoms with Crippen molar-refractivity contribution in [2.75, 3.05) is 6.61 Å². The molecule has 0 unspecified atom stereocenters. The summed E-state index contributed by atoms with van der Waals surface area (Å²) in [5.74, 6) is -0.194. The number of hydrogen-bond acceptors (Lipinski definition) is 6. The van der Waals surface area contributed by atoms with Gasteiger partial charge in [-0.05, 0) is 42.8 Å². The van der Waals surface area contributed by atoms with Gasteiger partial charge in [-0.3, -0.25) is 14.9 Å². The first-order chi connectivity index (χ1) is 11.9. The van der Waals surface area contributed by atoms with Gasteiger partial charge in [-0.2, -0.15) is 5.10 Å². The number of nitrogens with zero attached hydrogens (tertiary/aromatic N) is 2. The second kappa shape index (κ2) is 8.11. The van der Waals surface area contributed by atoms with E-state index in [4.69, 9.17) is 16.3 Å². The number of aromatic hydroxyl groups is 1. The topological polar surface area (TPSA) is 114 Å². The Hall–Kier alpha value is -3.13. The Morgan fingerprint density at radius 3 is 2.84 bits per heavy atom. The third kappa shape index (κ3) is 5.18. The lowest BCUT2D eigenvalue weighted by atomic mass is 10.2. The minimum absolute atomic E-state index is 0.0553. The highest BCUT2D eigenvalue weighted by molar-refractivity contribution is 6.30. The molecule has 0 saturated carbocycles. The van der Waals surface area contributed by atoms with Crippen molar-refractivity contribution in [2.45, 2.75) is 6.92 Å². The first-order valence-electron chi connectivity index (χ1n) is 7.05. The van der Waals surface area contributed by atoms with Crippen molar-refractivity contribution in [3.8, 4) is 11.5 Å². The van der Waals surface area contributed by atoms with Gasteiger partial charge in [0, 0.05) is 11.1 Å². The van der Waals surface area contributed by atoms with E-state index in [1.165, 1.54) is 12.1 Å². The van der Waals surface area contributed by atoms with Crippen LogP contribution in [0.25, 0.3) is 0 Å². The van der Waals surface area contributed by atoms with Crippen LogP contribution in [0.15, 0.2) is 41.5 Å². The molecule has 0 spiro atoms. The molecule has 8 nitrogen and oxygen atoms in total. The maximum absolute atomic E-state index is 11.7. The summed E-state index contributed by atoms with van der Waals surface area (Å²) in [5, 5.41) is 24.5. The smallest absolute Gasteiger partial charge is 0.278 e. The largest absolute Gasteiger partial charge is 0.508 e. The zero-order valence-corrected chi connectivity index (χ0v) is 13.9. The fourth-order valence-corrected chi connectivity index (χ4v) is 2.16. The van der Waals surface area contributed by atoms with E-state index in [1.807, 2.05) is 0 Å². The normalized spacial score (nSPS) is 10.6. The van der Waals surface area contributed by atoms with Crippen molar-refractivity contribution in [1.29, 1.82) is 0 Å². The lowest BCUT2D eigenvalue weighted by molar-refractivity contribution is -0.385. The Morgan fingerprint density at radius 2 is 2.16 bits per heavy atom. The van der Waals surface area contributed by atoms with Crippen LogP contribution in [0.4, 0.5) is 5.69 Å².